The van der Waals surface area contributed by atoms with E-state index >= 15 is 0 Å². The Hall–Kier alpha value is -0.860. The first kappa shape index (κ1) is 14.5. The third kappa shape index (κ3) is 3.58. The zero-order chi connectivity index (χ0) is 13.7. The predicted octanol–water partition coefficient (Wildman–Crippen LogP) is 3.65. The highest BCUT2D eigenvalue weighted by Gasteiger charge is 2.28. The Morgan fingerprint density at radius 3 is 2.63 bits per heavy atom. The van der Waals surface area contributed by atoms with Crippen LogP contribution in [0.15, 0.2) is 24.3 Å². The zero-order valence-electron chi connectivity index (χ0n) is 12.4. The monoisotopic (exact) mass is 260 g/mol. The van der Waals surface area contributed by atoms with E-state index in [1.165, 1.54) is 43.4 Å². The highest BCUT2D eigenvalue weighted by molar-refractivity contribution is 5.24. The second kappa shape index (κ2) is 7.06. The summed E-state index contributed by atoms with van der Waals surface area (Å²) in [6, 6.07) is 10.3. The van der Waals surface area contributed by atoms with Gasteiger partial charge in [-0.1, -0.05) is 43.2 Å². The maximum absolute atomic E-state index is 5.80. The van der Waals surface area contributed by atoms with Gasteiger partial charge in [-0.25, -0.2) is 0 Å². The van der Waals surface area contributed by atoms with E-state index < -0.39 is 0 Å². The van der Waals surface area contributed by atoms with Crippen molar-refractivity contribution >= 4 is 0 Å². The fraction of sp³-hybridized carbons (Fsp3) is 0.647. The number of piperidine rings is 1. The standard InChI is InChI=1S/C17H28N2/c1-3-17(15-9-7-14(2)8-10-15)19-13-5-4-6-16(19)11-12-18/h7-10,16-17H,3-6,11-13,18H2,1-2H3. The van der Waals surface area contributed by atoms with E-state index in [0.717, 1.165) is 13.0 Å². The van der Waals surface area contributed by atoms with E-state index in [1.54, 1.807) is 0 Å². The van der Waals surface area contributed by atoms with Gasteiger partial charge < -0.3 is 5.73 Å². The summed E-state index contributed by atoms with van der Waals surface area (Å²) in [5.74, 6) is 0. The molecule has 0 radical (unpaired) electrons. The van der Waals surface area contributed by atoms with Crippen LogP contribution in [0.2, 0.25) is 0 Å². The molecule has 0 saturated carbocycles. The molecular weight excluding hydrogens is 232 g/mol. The molecule has 0 aliphatic carbocycles. The lowest BCUT2D eigenvalue weighted by molar-refractivity contribution is 0.0871. The molecule has 0 spiro atoms. The first-order chi connectivity index (χ1) is 9.26. The number of nitrogens with two attached hydrogens (primary N) is 1. The highest BCUT2D eigenvalue weighted by Crippen LogP contribution is 2.32. The summed E-state index contributed by atoms with van der Waals surface area (Å²) in [5, 5.41) is 0. The van der Waals surface area contributed by atoms with Crippen LogP contribution in [0.25, 0.3) is 0 Å². The summed E-state index contributed by atoms with van der Waals surface area (Å²) in [7, 11) is 0. The molecule has 106 valence electrons. The second-order valence-corrected chi connectivity index (χ2v) is 5.80. The number of benzene rings is 1. The van der Waals surface area contributed by atoms with E-state index in [4.69, 9.17) is 5.73 Å². The number of nitrogens with zero attached hydrogens (tertiary/aromatic N) is 1. The third-order valence-electron chi connectivity index (χ3n) is 4.42. The molecule has 0 aromatic heterocycles. The topological polar surface area (TPSA) is 29.3 Å². The average molecular weight is 260 g/mol. The normalized spacial score (nSPS) is 22.4. The van der Waals surface area contributed by atoms with Crippen LogP contribution in [0.1, 0.15) is 56.2 Å². The van der Waals surface area contributed by atoms with Gasteiger partial charge in [0, 0.05) is 12.1 Å². The summed E-state index contributed by atoms with van der Waals surface area (Å²) in [4.78, 5) is 2.71. The van der Waals surface area contributed by atoms with Crippen LogP contribution in [-0.4, -0.2) is 24.0 Å². The molecule has 1 heterocycles. The summed E-state index contributed by atoms with van der Waals surface area (Å²) in [6.07, 6.45) is 6.35. The quantitative estimate of drug-likeness (QED) is 0.875. The highest BCUT2D eigenvalue weighted by atomic mass is 15.2. The van der Waals surface area contributed by atoms with Crippen LogP contribution >= 0.6 is 0 Å². The van der Waals surface area contributed by atoms with E-state index in [2.05, 4.69) is 43.0 Å². The first-order valence-electron chi connectivity index (χ1n) is 7.78. The fourth-order valence-corrected chi connectivity index (χ4v) is 3.39. The third-order valence-corrected chi connectivity index (χ3v) is 4.42. The summed E-state index contributed by atoms with van der Waals surface area (Å²) >= 11 is 0. The van der Waals surface area contributed by atoms with Crippen molar-refractivity contribution in [2.45, 2.75) is 58.0 Å². The Bertz CT molecular complexity index is 369. The summed E-state index contributed by atoms with van der Waals surface area (Å²) in [5.41, 5.74) is 8.61. The minimum atomic E-state index is 0.567. The Kier molecular flexibility index (Phi) is 5.41. The van der Waals surface area contributed by atoms with E-state index in [1.807, 2.05) is 0 Å². The smallest absolute Gasteiger partial charge is 0.0348 e. The van der Waals surface area contributed by atoms with Gasteiger partial charge >= 0.3 is 0 Å². The largest absolute Gasteiger partial charge is 0.330 e. The van der Waals surface area contributed by atoms with Gasteiger partial charge in [0.05, 0.1) is 0 Å². The molecule has 2 nitrogen and oxygen atoms in total. The van der Waals surface area contributed by atoms with Gasteiger partial charge in [0.25, 0.3) is 0 Å². The Morgan fingerprint density at radius 1 is 1.26 bits per heavy atom. The molecule has 1 aliphatic heterocycles. The van der Waals surface area contributed by atoms with Gasteiger partial charge in [0.1, 0.15) is 0 Å². The fourth-order valence-electron chi connectivity index (χ4n) is 3.39. The SMILES string of the molecule is CCC(c1ccc(C)cc1)N1CCCCC1CCN. The molecule has 1 aromatic rings. The summed E-state index contributed by atoms with van der Waals surface area (Å²) in [6.45, 7) is 6.50. The van der Waals surface area contributed by atoms with Crippen LogP contribution in [0.4, 0.5) is 0 Å². The van der Waals surface area contributed by atoms with Crippen molar-refractivity contribution in [1.82, 2.24) is 4.90 Å². The molecule has 2 unspecified atom stereocenters. The minimum Gasteiger partial charge on any atom is -0.330 e. The van der Waals surface area contributed by atoms with Gasteiger partial charge in [-0.2, -0.15) is 0 Å². The maximum Gasteiger partial charge on any atom is 0.0348 e. The Morgan fingerprint density at radius 2 is 2.00 bits per heavy atom. The van der Waals surface area contributed by atoms with Crippen molar-refractivity contribution in [2.24, 2.45) is 5.73 Å². The molecule has 1 saturated heterocycles. The van der Waals surface area contributed by atoms with Crippen LogP contribution in [-0.2, 0) is 0 Å². The number of hydrogen-bond donors (Lipinski definition) is 1. The average Bonchev–Trinajstić information content (AvgIpc) is 2.44. The lowest BCUT2D eigenvalue weighted by Gasteiger charge is -2.41. The first-order valence-corrected chi connectivity index (χ1v) is 7.78. The van der Waals surface area contributed by atoms with Crippen molar-refractivity contribution in [3.63, 3.8) is 0 Å². The molecule has 2 rings (SSSR count). The molecule has 2 N–H and O–H groups in total. The van der Waals surface area contributed by atoms with Gasteiger partial charge in [-0.05, 0) is 51.3 Å². The van der Waals surface area contributed by atoms with E-state index in [9.17, 15) is 0 Å². The van der Waals surface area contributed by atoms with Crippen molar-refractivity contribution in [3.05, 3.63) is 35.4 Å². The lowest BCUT2D eigenvalue weighted by atomic mass is 9.93. The van der Waals surface area contributed by atoms with Crippen molar-refractivity contribution in [3.8, 4) is 0 Å². The minimum absolute atomic E-state index is 0.567. The molecule has 1 aliphatic rings. The molecule has 2 atom stereocenters. The second-order valence-electron chi connectivity index (χ2n) is 5.80. The van der Waals surface area contributed by atoms with Crippen LogP contribution in [0.5, 0.6) is 0 Å². The van der Waals surface area contributed by atoms with Crippen molar-refractivity contribution in [2.75, 3.05) is 13.1 Å². The molecule has 1 fully saturated rings. The number of hydrogen-bond acceptors (Lipinski definition) is 2. The maximum atomic E-state index is 5.80. The van der Waals surface area contributed by atoms with Crippen LogP contribution < -0.4 is 5.73 Å². The number of rotatable bonds is 5. The number of likely N-dealkylation sites (tertiary alicyclic amines) is 1. The Labute approximate surface area is 118 Å². The zero-order valence-corrected chi connectivity index (χ0v) is 12.4. The number of aryl methyl sites for hydroxylation is 1. The lowest BCUT2D eigenvalue weighted by Crippen LogP contribution is -2.42. The summed E-state index contributed by atoms with van der Waals surface area (Å²) < 4.78 is 0. The van der Waals surface area contributed by atoms with Gasteiger partial charge in [-0.3, -0.25) is 4.90 Å². The van der Waals surface area contributed by atoms with Gasteiger partial charge in [0.15, 0.2) is 0 Å². The van der Waals surface area contributed by atoms with Gasteiger partial charge in [-0.15, -0.1) is 0 Å². The predicted molar refractivity (Wildman–Crippen MR) is 82.2 cm³/mol. The van der Waals surface area contributed by atoms with E-state index in [-0.39, 0.29) is 0 Å². The van der Waals surface area contributed by atoms with Crippen molar-refractivity contribution in [1.29, 1.82) is 0 Å². The molecule has 2 heteroatoms. The molecule has 0 bridgehead atoms. The molecule has 0 amide bonds. The molecule has 1 aromatic carbocycles. The molecular formula is C17H28N2. The van der Waals surface area contributed by atoms with E-state index in [0.29, 0.717) is 12.1 Å². The van der Waals surface area contributed by atoms with Crippen LogP contribution in [0, 0.1) is 6.92 Å². The molecule has 19 heavy (non-hydrogen) atoms. The van der Waals surface area contributed by atoms with Crippen molar-refractivity contribution < 1.29 is 0 Å². The Balaban J connectivity index is 2.16. The van der Waals surface area contributed by atoms with Crippen LogP contribution in [0.3, 0.4) is 0 Å². The van der Waals surface area contributed by atoms with Gasteiger partial charge in [0.2, 0.25) is 0 Å².